The summed E-state index contributed by atoms with van der Waals surface area (Å²) in [6, 6.07) is 6.96. The summed E-state index contributed by atoms with van der Waals surface area (Å²) in [5, 5.41) is 3.03. The Balaban J connectivity index is 2.13. The molecule has 1 aliphatic rings. The molecule has 6 heteroatoms. The molecule has 1 fully saturated rings. The molecule has 0 atom stereocenters. The third-order valence-corrected chi connectivity index (χ3v) is 5.25. The highest BCUT2D eigenvalue weighted by atomic mass is 32.2. The van der Waals surface area contributed by atoms with Crippen LogP contribution in [0.1, 0.15) is 25.3 Å². The fraction of sp³-hybridized carbons (Fsp3) is 0.571. The maximum Gasteiger partial charge on any atom is 0.241 e. The molecule has 2 N–H and O–H groups in total. The molecule has 0 unspecified atom stereocenters. The summed E-state index contributed by atoms with van der Waals surface area (Å²) in [6.45, 7) is 3.85. The smallest absolute Gasteiger partial charge is 0.241 e. The molecule has 0 saturated carbocycles. The third-order valence-electron chi connectivity index (χ3n) is 3.59. The van der Waals surface area contributed by atoms with Crippen LogP contribution in [0.15, 0.2) is 29.2 Å². The fourth-order valence-corrected chi connectivity index (χ4v) is 3.76. The molecule has 0 aromatic heterocycles. The van der Waals surface area contributed by atoms with Crippen molar-refractivity contribution in [1.82, 2.24) is 10.0 Å². The van der Waals surface area contributed by atoms with E-state index in [0.717, 1.165) is 12.1 Å². The first-order chi connectivity index (χ1) is 9.45. The van der Waals surface area contributed by atoms with Crippen molar-refractivity contribution in [3.05, 3.63) is 29.8 Å². The molecule has 0 aliphatic carbocycles. The van der Waals surface area contributed by atoms with Crippen LogP contribution in [0.25, 0.3) is 0 Å². The van der Waals surface area contributed by atoms with E-state index in [1.807, 2.05) is 26.1 Å². The summed E-state index contributed by atoms with van der Waals surface area (Å²) in [5.41, 5.74) is 0.643. The van der Waals surface area contributed by atoms with Crippen LogP contribution in [0.2, 0.25) is 0 Å². The Bertz CT molecular complexity index is 534. The van der Waals surface area contributed by atoms with Crippen LogP contribution in [0.5, 0.6) is 0 Å². The van der Waals surface area contributed by atoms with E-state index in [1.165, 1.54) is 0 Å². The zero-order valence-electron chi connectivity index (χ0n) is 12.0. The minimum absolute atomic E-state index is 0.310. The SMILES string of the molecule is CNCc1ccc(S(=O)(=O)NC2(C)CCOCC2)cc1. The highest BCUT2D eigenvalue weighted by molar-refractivity contribution is 7.89. The van der Waals surface area contributed by atoms with Crippen molar-refractivity contribution in [2.75, 3.05) is 20.3 Å². The minimum atomic E-state index is -3.48. The minimum Gasteiger partial charge on any atom is -0.381 e. The molecule has 1 saturated heterocycles. The summed E-state index contributed by atoms with van der Waals surface area (Å²) >= 11 is 0. The first kappa shape index (κ1) is 15.4. The van der Waals surface area contributed by atoms with E-state index >= 15 is 0 Å². The van der Waals surface area contributed by atoms with Crippen LogP contribution < -0.4 is 10.0 Å². The second kappa shape index (κ2) is 6.22. The Morgan fingerprint density at radius 2 is 1.80 bits per heavy atom. The number of benzene rings is 1. The van der Waals surface area contributed by atoms with Gasteiger partial charge in [0, 0.05) is 25.3 Å². The van der Waals surface area contributed by atoms with Crippen molar-refractivity contribution in [3.8, 4) is 0 Å². The van der Waals surface area contributed by atoms with E-state index in [1.54, 1.807) is 12.1 Å². The molecule has 1 aliphatic heterocycles. The quantitative estimate of drug-likeness (QED) is 0.858. The average Bonchev–Trinajstić information content (AvgIpc) is 2.39. The monoisotopic (exact) mass is 298 g/mol. The number of rotatable bonds is 5. The fourth-order valence-electron chi connectivity index (χ4n) is 2.30. The molecule has 0 bridgehead atoms. The van der Waals surface area contributed by atoms with Gasteiger partial charge in [-0.15, -0.1) is 0 Å². The van der Waals surface area contributed by atoms with Gasteiger partial charge in [-0.25, -0.2) is 13.1 Å². The van der Waals surface area contributed by atoms with E-state index in [4.69, 9.17) is 4.74 Å². The van der Waals surface area contributed by atoms with Gasteiger partial charge in [0.25, 0.3) is 0 Å². The van der Waals surface area contributed by atoms with Crippen LogP contribution >= 0.6 is 0 Å². The van der Waals surface area contributed by atoms with Gasteiger partial charge in [-0.2, -0.15) is 0 Å². The molecule has 2 rings (SSSR count). The van der Waals surface area contributed by atoms with Gasteiger partial charge in [-0.3, -0.25) is 0 Å². The number of ether oxygens (including phenoxy) is 1. The van der Waals surface area contributed by atoms with Gasteiger partial charge in [0.05, 0.1) is 4.90 Å². The number of hydrogen-bond acceptors (Lipinski definition) is 4. The molecule has 1 heterocycles. The van der Waals surface area contributed by atoms with Crippen molar-refractivity contribution < 1.29 is 13.2 Å². The molecule has 1 aromatic rings. The summed E-state index contributed by atoms with van der Waals surface area (Å²) in [5.74, 6) is 0. The van der Waals surface area contributed by atoms with E-state index < -0.39 is 15.6 Å². The van der Waals surface area contributed by atoms with Crippen LogP contribution in [0.4, 0.5) is 0 Å². The van der Waals surface area contributed by atoms with Crippen LogP contribution in [0, 0.1) is 0 Å². The lowest BCUT2D eigenvalue weighted by atomic mass is 9.94. The van der Waals surface area contributed by atoms with Crippen LogP contribution in [0.3, 0.4) is 0 Å². The first-order valence-corrected chi connectivity index (χ1v) is 8.29. The van der Waals surface area contributed by atoms with Gasteiger partial charge in [-0.1, -0.05) is 12.1 Å². The zero-order valence-corrected chi connectivity index (χ0v) is 12.8. The number of sulfonamides is 1. The van der Waals surface area contributed by atoms with Gasteiger partial charge in [0.1, 0.15) is 0 Å². The van der Waals surface area contributed by atoms with Gasteiger partial charge in [-0.05, 0) is 44.5 Å². The second-order valence-electron chi connectivity index (χ2n) is 5.45. The van der Waals surface area contributed by atoms with Crippen molar-refractivity contribution in [2.45, 2.75) is 36.7 Å². The highest BCUT2D eigenvalue weighted by Gasteiger charge is 2.32. The van der Waals surface area contributed by atoms with E-state index in [0.29, 0.717) is 31.0 Å². The lowest BCUT2D eigenvalue weighted by molar-refractivity contribution is 0.0537. The Kier molecular flexibility index (Phi) is 4.80. The molecule has 20 heavy (non-hydrogen) atoms. The summed E-state index contributed by atoms with van der Waals surface area (Å²) in [6.07, 6.45) is 1.40. The Morgan fingerprint density at radius 1 is 1.20 bits per heavy atom. The highest BCUT2D eigenvalue weighted by Crippen LogP contribution is 2.23. The first-order valence-electron chi connectivity index (χ1n) is 6.80. The predicted molar refractivity (Wildman–Crippen MR) is 78.0 cm³/mol. The second-order valence-corrected chi connectivity index (χ2v) is 7.14. The molecule has 1 aromatic carbocycles. The predicted octanol–water partition coefficient (Wildman–Crippen LogP) is 1.25. The molecule has 0 amide bonds. The van der Waals surface area contributed by atoms with Crippen molar-refractivity contribution in [2.24, 2.45) is 0 Å². The standard InChI is InChI=1S/C14H22N2O3S/c1-14(7-9-19-10-8-14)16-20(17,18)13-5-3-12(4-6-13)11-15-2/h3-6,15-16H,7-11H2,1-2H3. The third kappa shape index (κ3) is 3.79. The largest absolute Gasteiger partial charge is 0.381 e. The van der Waals surface area contributed by atoms with Crippen molar-refractivity contribution in [3.63, 3.8) is 0 Å². The normalized spacial score (nSPS) is 18.9. The molecule has 5 nitrogen and oxygen atoms in total. The van der Waals surface area contributed by atoms with E-state index in [-0.39, 0.29) is 0 Å². The molecule has 0 spiro atoms. The van der Waals surface area contributed by atoms with Crippen molar-refractivity contribution in [1.29, 1.82) is 0 Å². The lowest BCUT2D eigenvalue weighted by Crippen LogP contribution is -2.49. The lowest BCUT2D eigenvalue weighted by Gasteiger charge is -2.34. The molecular weight excluding hydrogens is 276 g/mol. The van der Waals surface area contributed by atoms with Crippen LogP contribution in [-0.4, -0.2) is 34.2 Å². The number of nitrogens with one attached hydrogen (secondary N) is 2. The molecule has 0 radical (unpaired) electrons. The van der Waals surface area contributed by atoms with Crippen LogP contribution in [-0.2, 0) is 21.3 Å². The summed E-state index contributed by atoms with van der Waals surface area (Å²) in [4.78, 5) is 0.310. The maximum absolute atomic E-state index is 12.4. The molecular formula is C14H22N2O3S. The van der Waals surface area contributed by atoms with Gasteiger partial charge >= 0.3 is 0 Å². The zero-order chi connectivity index (χ0) is 14.6. The average molecular weight is 298 g/mol. The Labute approximate surface area is 120 Å². The Morgan fingerprint density at radius 3 is 2.35 bits per heavy atom. The van der Waals surface area contributed by atoms with Crippen molar-refractivity contribution >= 4 is 10.0 Å². The summed E-state index contributed by atoms with van der Waals surface area (Å²) in [7, 11) is -1.62. The topological polar surface area (TPSA) is 67.4 Å². The Hall–Kier alpha value is -0.950. The van der Waals surface area contributed by atoms with Gasteiger partial charge < -0.3 is 10.1 Å². The number of hydrogen-bond donors (Lipinski definition) is 2. The van der Waals surface area contributed by atoms with Gasteiger partial charge in [0.2, 0.25) is 10.0 Å². The summed E-state index contributed by atoms with van der Waals surface area (Å²) < 4.78 is 32.9. The van der Waals surface area contributed by atoms with E-state index in [2.05, 4.69) is 10.0 Å². The van der Waals surface area contributed by atoms with E-state index in [9.17, 15) is 8.42 Å². The van der Waals surface area contributed by atoms with Gasteiger partial charge in [0.15, 0.2) is 0 Å². The maximum atomic E-state index is 12.4. The molecule has 112 valence electrons.